The van der Waals surface area contributed by atoms with Crippen molar-refractivity contribution in [1.29, 1.82) is 0 Å². The largest absolute Gasteiger partial charge is 0.359 e. The summed E-state index contributed by atoms with van der Waals surface area (Å²) in [6, 6.07) is 17.2. The van der Waals surface area contributed by atoms with Crippen LogP contribution >= 0.6 is 23.5 Å². The monoisotopic (exact) mass is 409 g/mol. The highest BCUT2D eigenvalue weighted by Crippen LogP contribution is 2.61. The van der Waals surface area contributed by atoms with E-state index in [-0.39, 0.29) is 0 Å². The van der Waals surface area contributed by atoms with Gasteiger partial charge in [0.25, 0.3) is 0 Å². The van der Waals surface area contributed by atoms with Gasteiger partial charge in [-0.2, -0.15) is 0 Å². The summed E-state index contributed by atoms with van der Waals surface area (Å²) in [4.78, 5) is 4.55. The summed E-state index contributed by atoms with van der Waals surface area (Å²) >= 11 is 3.41. The fourth-order valence-electron chi connectivity index (χ4n) is 2.22. The van der Waals surface area contributed by atoms with Gasteiger partial charge in [-0.3, -0.25) is 9.56 Å². The second-order valence-electron chi connectivity index (χ2n) is 4.99. The van der Waals surface area contributed by atoms with Crippen molar-refractivity contribution in [3.05, 3.63) is 70.2 Å². The first-order valence-electron chi connectivity index (χ1n) is 7.81. The summed E-state index contributed by atoms with van der Waals surface area (Å²) in [5.74, 6) is -0.692. The Morgan fingerprint density at radius 1 is 1.04 bits per heavy atom. The first-order chi connectivity index (χ1) is 11.6. The summed E-state index contributed by atoms with van der Waals surface area (Å²) in [6.45, 7) is 4.20. The van der Waals surface area contributed by atoms with Crippen LogP contribution in [0.1, 0.15) is 30.8 Å². The van der Waals surface area contributed by atoms with Crippen molar-refractivity contribution in [2.45, 2.75) is 19.6 Å². The number of aliphatic imine (C=N–C) groups is 1. The minimum atomic E-state index is -3.41. The molecule has 0 amide bonds. The number of halogens is 1. The van der Waals surface area contributed by atoms with Crippen LogP contribution in [0.4, 0.5) is 0 Å². The molecule has 0 N–H and O–H groups in total. The molecule has 24 heavy (non-hydrogen) atoms. The third-order valence-corrected chi connectivity index (χ3v) is 6.05. The standard InChI is InChI=1S/C18H21BrNO3P/c1-3-22-24(21,23-4-2)18(16-8-6-5-7-9-16)20-14-15-10-12-17(19)13-11-15/h5-14,18H,3-4H2,1-2H3/t18-/m1/s1. The molecule has 0 aromatic heterocycles. The highest BCUT2D eigenvalue weighted by molar-refractivity contribution is 9.10. The Bertz CT molecular complexity index is 694. The fourth-order valence-corrected chi connectivity index (χ4v) is 4.33. The number of rotatable bonds is 8. The van der Waals surface area contributed by atoms with Crippen LogP contribution in [0.25, 0.3) is 0 Å². The molecule has 6 heteroatoms. The second kappa shape index (κ2) is 9.28. The van der Waals surface area contributed by atoms with Crippen molar-refractivity contribution >= 4 is 29.7 Å². The van der Waals surface area contributed by atoms with E-state index in [0.29, 0.717) is 13.2 Å². The van der Waals surface area contributed by atoms with E-state index in [4.69, 9.17) is 9.05 Å². The third-order valence-electron chi connectivity index (χ3n) is 3.25. The van der Waals surface area contributed by atoms with Crippen LogP contribution in [0.3, 0.4) is 0 Å². The molecule has 4 nitrogen and oxygen atoms in total. The summed E-state index contributed by atoms with van der Waals surface area (Å²) < 4.78 is 25.2. The molecule has 0 fully saturated rings. The van der Waals surface area contributed by atoms with E-state index in [2.05, 4.69) is 20.9 Å². The van der Waals surface area contributed by atoms with Crippen LogP contribution in [0.5, 0.6) is 0 Å². The molecule has 0 aliphatic heterocycles. The van der Waals surface area contributed by atoms with Crippen molar-refractivity contribution in [2.24, 2.45) is 4.99 Å². The van der Waals surface area contributed by atoms with Gasteiger partial charge in [0.15, 0.2) is 5.78 Å². The minimum absolute atomic E-state index is 0.300. The highest BCUT2D eigenvalue weighted by atomic mass is 79.9. The molecule has 0 saturated heterocycles. The predicted octanol–water partition coefficient (Wildman–Crippen LogP) is 5.83. The Kier molecular flexibility index (Phi) is 7.38. The number of benzene rings is 2. The van der Waals surface area contributed by atoms with Crippen LogP contribution in [-0.2, 0) is 13.6 Å². The predicted molar refractivity (Wildman–Crippen MR) is 102 cm³/mol. The lowest BCUT2D eigenvalue weighted by molar-refractivity contribution is 0.212. The molecular formula is C18H21BrNO3P. The van der Waals surface area contributed by atoms with Crippen molar-refractivity contribution in [2.75, 3.05) is 13.2 Å². The van der Waals surface area contributed by atoms with Gasteiger partial charge in [0, 0.05) is 10.7 Å². The lowest BCUT2D eigenvalue weighted by Gasteiger charge is -2.23. The van der Waals surface area contributed by atoms with Gasteiger partial charge in [-0.1, -0.05) is 58.4 Å². The Labute approximate surface area is 151 Å². The number of nitrogens with zero attached hydrogens (tertiary/aromatic N) is 1. The Hall–Kier alpha value is -1.26. The lowest BCUT2D eigenvalue weighted by Crippen LogP contribution is -2.05. The van der Waals surface area contributed by atoms with Crippen molar-refractivity contribution in [1.82, 2.24) is 0 Å². The molecule has 0 saturated carbocycles. The summed E-state index contributed by atoms with van der Waals surface area (Å²) in [7, 11) is -3.41. The van der Waals surface area contributed by atoms with E-state index < -0.39 is 13.4 Å². The number of hydrogen-bond acceptors (Lipinski definition) is 4. The normalized spacial score (nSPS) is 13.3. The molecule has 0 aliphatic rings. The van der Waals surface area contributed by atoms with E-state index in [1.807, 2.05) is 54.6 Å². The Morgan fingerprint density at radius 3 is 2.17 bits per heavy atom. The van der Waals surface area contributed by atoms with Gasteiger partial charge in [-0.05, 0) is 37.1 Å². The molecular weight excluding hydrogens is 389 g/mol. The molecule has 0 radical (unpaired) electrons. The first-order valence-corrected chi connectivity index (χ1v) is 10.2. The zero-order valence-electron chi connectivity index (χ0n) is 13.8. The van der Waals surface area contributed by atoms with E-state index in [0.717, 1.165) is 15.6 Å². The maximum absolute atomic E-state index is 13.2. The van der Waals surface area contributed by atoms with Gasteiger partial charge in [-0.15, -0.1) is 0 Å². The summed E-state index contributed by atoms with van der Waals surface area (Å²) in [5, 5.41) is 0. The molecule has 2 rings (SSSR count). The zero-order valence-corrected chi connectivity index (χ0v) is 16.2. The molecule has 0 heterocycles. The number of hydrogen-bond donors (Lipinski definition) is 0. The van der Waals surface area contributed by atoms with Gasteiger partial charge in [-0.25, -0.2) is 0 Å². The Balaban J connectivity index is 2.39. The third kappa shape index (κ3) is 5.12. The van der Waals surface area contributed by atoms with Gasteiger partial charge >= 0.3 is 7.60 Å². The SMILES string of the molecule is CCOP(=O)(OCC)[C@@H](N=Cc1ccc(Br)cc1)c1ccccc1. The van der Waals surface area contributed by atoms with E-state index >= 15 is 0 Å². The highest BCUT2D eigenvalue weighted by Gasteiger charge is 2.36. The van der Waals surface area contributed by atoms with Gasteiger partial charge in [0.1, 0.15) is 0 Å². The molecule has 2 aromatic carbocycles. The molecule has 0 unspecified atom stereocenters. The zero-order chi connectivity index (χ0) is 17.4. The maximum atomic E-state index is 13.2. The van der Waals surface area contributed by atoms with Crippen molar-refractivity contribution in [3.63, 3.8) is 0 Å². The smallest absolute Gasteiger partial charge is 0.307 e. The second-order valence-corrected chi connectivity index (χ2v) is 7.99. The summed E-state index contributed by atoms with van der Waals surface area (Å²) in [6.07, 6.45) is 1.70. The van der Waals surface area contributed by atoms with Gasteiger partial charge in [0.2, 0.25) is 0 Å². The van der Waals surface area contributed by atoms with Crippen molar-refractivity contribution < 1.29 is 13.6 Å². The van der Waals surface area contributed by atoms with Gasteiger partial charge < -0.3 is 9.05 Å². The molecule has 0 bridgehead atoms. The van der Waals surface area contributed by atoms with Crippen LogP contribution in [-0.4, -0.2) is 19.4 Å². The molecule has 0 aliphatic carbocycles. The van der Waals surface area contributed by atoms with Crippen LogP contribution in [0, 0.1) is 0 Å². The topological polar surface area (TPSA) is 47.9 Å². The van der Waals surface area contributed by atoms with E-state index in [1.165, 1.54) is 0 Å². The Morgan fingerprint density at radius 2 is 1.62 bits per heavy atom. The van der Waals surface area contributed by atoms with Gasteiger partial charge in [0.05, 0.1) is 13.2 Å². The van der Waals surface area contributed by atoms with Crippen LogP contribution in [0.15, 0.2) is 64.1 Å². The quantitative estimate of drug-likeness (QED) is 0.406. The average molecular weight is 410 g/mol. The van der Waals surface area contributed by atoms with Crippen molar-refractivity contribution in [3.8, 4) is 0 Å². The van der Waals surface area contributed by atoms with Crippen LogP contribution in [0.2, 0.25) is 0 Å². The lowest BCUT2D eigenvalue weighted by atomic mass is 10.2. The average Bonchev–Trinajstić information content (AvgIpc) is 2.58. The summed E-state index contributed by atoms with van der Waals surface area (Å²) in [5.41, 5.74) is 1.72. The van der Waals surface area contributed by atoms with E-state index in [9.17, 15) is 4.57 Å². The molecule has 2 aromatic rings. The maximum Gasteiger partial charge on any atom is 0.359 e. The minimum Gasteiger partial charge on any atom is -0.307 e. The van der Waals surface area contributed by atoms with Crippen LogP contribution < -0.4 is 0 Å². The van der Waals surface area contributed by atoms with E-state index in [1.54, 1.807) is 20.1 Å². The fraction of sp³-hybridized carbons (Fsp3) is 0.278. The molecule has 128 valence electrons. The molecule has 1 atom stereocenters. The first kappa shape index (κ1) is 19.1. The molecule has 0 spiro atoms.